The van der Waals surface area contributed by atoms with E-state index in [4.69, 9.17) is 40.9 Å². The molecule has 16 heteroatoms. The van der Waals surface area contributed by atoms with E-state index in [9.17, 15) is 19.2 Å². The van der Waals surface area contributed by atoms with Crippen LogP contribution in [0.25, 0.3) is 0 Å². The van der Waals surface area contributed by atoms with Crippen LogP contribution >= 0.6 is 0 Å². The van der Waals surface area contributed by atoms with Gasteiger partial charge in [-0.2, -0.15) is 0 Å². The number of aliphatic hydroxyl groups excluding tert-OH is 4. The summed E-state index contributed by atoms with van der Waals surface area (Å²) in [5.41, 5.74) is 0. The molecular formula is C12H24Co4O12. The SMILES string of the molecule is CC(O)C(=O)O.CC(O)C(=O)O.CC(O)C(=O)O.CC(O)C(=O)O.[Co].[Co].[Co].[Co]. The molecule has 0 aliphatic carbocycles. The third-order valence-corrected chi connectivity index (χ3v) is 1.43. The summed E-state index contributed by atoms with van der Waals surface area (Å²) in [7, 11) is 0. The number of rotatable bonds is 4. The number of aliphatic carboxylic acids is 4. The first kappa shape index (κ1) is 50.9. The van der Waals surface area contributed by atoms with Gasteiger partial charge in [0.25, 0.3) is 0 Å². The average molecular weight is 596 g/mol. The number of aliphatic hydroxyl groups is 4. The van der Waals surface area contributed by atoms with Crippen LogP contribution in [0, 0.1) is 0 Å². The van der Waals surface area contributed by atoms with Gasteiger partial charge in [0, 0.05) is 67.1 Å². The molecule has 0 saturated carbocycles. The van der Waals surface area contributed by atoms with E-state index in [1.807, 2.05) is 0 Å². The van der Waals surface area contributed by atoms with Gasteiger partial charge in [-0.3, -0.25) is 0 Å². The maximum atomic E-state index is 9.45. The van der Waals surface area contributed by atoms with Gasteiger partial charge < -0.3 is 40.9 Å². The van der Waals surface area contributed by atoms with Gasteiger partial charge >= 0.3 is 23.9 Å². The molecule has 0 aromatic carbocycles. The van der Waals surface area contributed by atoms with E-state index in [1.54, 1.807) is 0 Å². The van der Waals surface area contributed by atoms with E-state index in [0.29, 0.717) is 0 Å². The fraction of sp³-hybridized carbons (Fsp3) is 0.667. The molecule has 0 aromatic heterocycles. The van der Waals surface area contributed by atoms with Gasteiger partial charge in [-0.25, -0.2) is 19.2 Å². The zero-order valence-electron chi connectivity index (χ0n) is 14.9. The quantitative estimate of drug-likeness (QED) is 0.173. The Hall–Kier alpha value is -0.254. The molecule has 4 radical (unpaired) electrons. The minimum Gasteiger partial charge on any atom is -0.479 e. The number of carboxylic acid groups (broad SMARTS) is 4. The number of carboxylic acids is 4. The van der Waals surface area contributed by atoms with Crippen molar-refractivity contribution in [1.29, 1.82) is 0 Å². The van der Waals surface area contributed by atoms with E-state index in [2.05, 4.69) is 0 Å². The van der Waals surface area contributed by atoms with Gasteiger partial charge in [-0.15, -0.1) is 0 Å². The van der Waals surface area contributed by atoms with Crippen molar-refractivity contribution < 1.29 is 127 Å². The molecule has 0 aliphatic heterocycles. The molecule has 0 rings (SSSR count). The van der Waals surface area contributed by atoms with Gasteiger partial charge in [-0.1, -0.05) is 0 Å². The van der Waals surface area contributed by atoms with E-state index >= 15 is 0 Å². The van der Waals surface area contributed by atoms with Gasteiger partial charge in [0.2, 0.25) is 0 Å². The molecule has 180 valence electrons. The van der Waals surface area contributed by atoms with Crippen LogP contribution in [0.5, 0.6) is 0 Å². The zero-order valence-corrected chi connectivity index (χ0v) is 19.0. The molecule has 0 aliphatic rings. The summed E-state index contributed by atoms with van der Waals surface area (Å²) in [6.07, 6.45) is -4.93. The second-order valence-corrected chi connectivity index (χ2v) is 4.06. The molecule has 0 amide bonds. The standard InChI is InChI=1S/4C3H6O3.4Co/c4*1-2(4)3(5)6;;;;/h4*2,4H,1H3,(H,5,6);;;;. The fourth-order valence-electron chi connectivity index (χ4n) is 0. The molecular weight excluding hydrogens is 572 g/mol. The summed E-state index contributed by atoms with van der Waals surface area (Å²) in [4.78, 5) is 37.8. The van der Waals surface area contributed by atoms with Gasteiger partial charge in [-0.05, 0) is 27.7 Å². The van der Waals surface area contributed by atoms with Crippen LogP contribution in [0.2, 0.25) is 0 Å². The molecule has 0 aromatic rings. The summed E-state index contributed by atoms with van der Waals surface area (Å²) in [6, 6.07) is 0. The van der Waals surface area contributed by atoms with Gasteiger partial charge in [0.15, 0.2) is 0 Å². The Kier molecular flexibility index (Phi) is 57.2. The van der Waals surface area contributed by atoms with Crippen LogP contribution in [-0.2, 0) is 86.3 Å². The molecule has 0 bridgehead atoms. The predicted molar refractivity (Wildman–Crippen MR) is 77.3 cm³/mol. The minimum absolute atomic E-state index is 0. The Labute approximate surface area is 202 Å². The van der Waals surface area contributed by atoms with Gasteiger partial charge in [0.05, 0.1) is 0 Å². The summed E-state index contributed by atoms with van der Waals surface area (Å²) in [6.45, 7) is 4.79. The van der Waals surface area contributed by atoms with Gasteiger partial charge in [0.1, 0.15) is 24.4 Å². The first-order valence-corrected chi connectivity index (χ1v) is 6.21. The molecule has 4 atom stereocenters. The Morgan fingerprint density at radius 3 is 0.464 bits per heavy atom. The largest absolute Gasteiger partial charge is 0.479 e. The average Bonchev–Trinajstić information content (AvgIpc) is 2.40. The fourth-order valence-corrected chi connectivity index (χ4v) is 0. The summed E-state index contributed by atoms with van der Waals surface area (Å²) >= 11 is 0. The third kappa shape index (κ3) is 63.6. The van der Waals surface area contributed by atoms with E-state index < -0.39 is 48.3 Å². The Balaban J connectivity index is -0.0000000303. The summed E-state index contributed by atoms with van der Waals surface area (Å²) in [5.74, 6) is -4.74. The van der Waals surface area contributed by atoms with Crippen molar-refractivity contribution in [1.82, 2.24) is 0 Å². The summed E-state index contributed by atoms with van der Waals surface area (Å²) < 4.78 is 0. The van der Waals surface area contributed by atoms with Crippen molar-refractivity contribution >= 4 is 23.9 Å². The third-order valence-electron chi connectivity index (χ3n) is 1.43. The van der Waals surface area contributed by atoms with Crippen molar-refractivity contribution in [3.8, 4) is 0 Å². The van der Waals surface area contributed by atoms with E-state index in [-0.39, 0.29) is 67.1 Å². The van der Waals surface area contributed by atoms with E-state index in [0.717, 1.165) is 0 Å². The van der Waals surface area contributed by atoms with Crippen LogP contribution in [0.1, 0.15) is 27.7 Å². The van der Waals surface area contributed by atoms with Crippen LogP contribution in [-0.4, -0.2) is 89.1 Å². The molecule has 0 spiro atoms. The Bertz CT molecular complexity index is 317. The second kappa shape index (κ2) is 31.4. The topological polar surface area (TPSA) is 230 Å². The van der Waals surface area contributed by atoms with Crippen LogP contribution in [0.4, 0.5) is 0 Å². The molecule has 12 nitrogen and oxygen atoms in total. The smallest absolute Gasteiger partial charge is 0.332 e. The number of hydrogen-bond acceptors (Lipinski definition) is 8. The first-order valence-electron chi connectivity index (χ1n) is 6.21. The predicted octanol–water partition coefficient (Wildman–Crippen LogP) is -2.20. The summed E-state index contributed by atoms with van der Waals surface area (Å²) in [5, 5.41) is 63.1. The maximum absolute atomic E-state index is 9.45. The van der Waals surface area contributed by atoms with Crippen molar-refractivity contribution in [3.63, 3.8) is 0 Å². The molecule has 0 fully saturated rings. The van der Waals surface area contributed by atoms with Crippen molar-refractivity contribution in [2.75, 3.05) is 0 Å². The molecule has 0 heterocycles. The first-order chi connectivity index (χ1) is 10.6. The molecule has 0 saturated heterocycles. The van der Waals surface area contributed by atoms with E-state index in [1.165, 1.54) is 27.7 Å². The normalized spacial score (nSPS) is 11.7. The monoisotopic (exact) mass is 596 g/mol. The molecule has 28 heavy (non-hydrogen) atoms. The Morgan fingerprint density at radius 1 is 0.429 bits per heavy atom. The van der Waals surface area contributed by atoms with Crippen molar-refractivity contribution in [3.05, 3.63) is 0 Å². The van der Waals surface area contributed by atoms with Crippen LogP contribution in [0.3, 0.4) is 0 Å². The van der Waals surface area contributed by atoms with Crippen LogP contribution in [0.15, 0.2) is 0 Å². The molecule has 4 unspecified atom stereocenters. The zero-order chi connectivity index (χ0) is 20.6. The van der Waals surface area contributed by atoms with Crippen LogP contribution < -0.4 is 0 Å². The Morgan fingerprint density at radius 2 is 0.464 bits per heavy atom. The number of hydrogen-bond donors (Lipinski definition) is 8. The minimum atomic E-state index is -1.23. The second-order valence-electron chi connectivity index (χ2n) is 4.06. The van der Waals surface area contributed by atoms with Crippen molar-refractivity contribution in [2.45, 2.75) is 52.1 Å². The van der Waals surface area contributed by atoms with Crippen molar-refractivity contribution in [2.24, 2.45) is 0 Å². The maximum Gasteiger partial charge on any atom is 0.332 e. The number of carbonyl (C=O) groups is 4. The molecule has 8 N–H and O–H groups in total.